The van der Waals surface area contributed by atoms with Crippen LogP contribution in [0.5, 0.6) is 0 Å². The second kappa shape index (κ2) is 8.23. The van der Waals surface area contributed by atoms with Gasteiger partial charge in [0, 0.05) is 38.8 Å². The van der Waals surface area contributed by atoms with Crippen LogP contribution in [0.3, 0.4) is 0 Å². The lowest BCUT2D eigenvalue weighted by molar-refractivity contribution is 0.0498. The van der Waals surface area contributed by atoms with Crippen molar-refractivity contribution in [3.63, 3.8) is 0 Å². The van der Waals surface area contributed by atoms with Crippen LogP contribution in [0.15, 0.2) is 0 Å². The highest BCUT2D eigenvalue weighted by Gasteiger charge is 2.31. The fourth-order valence-electron chi connectivity index (χ4n) is 3.33. The van der Waals surface area contributed by atoms with E-state index in [1.54, 1.807) is 0 Å². The number of nitrogens with one attached hydrogen (secondary N) is 1. The lowest BCUT2D eigenvalue weighted by atomic mass is 9.81. The third-order valence-electron chi connectivity index (χ3n) is 5.06. The lowest BCUT2D eigenvalue weighted by Gasteiger charge is -2.44. The average molecular weight is 269 g/mol. The molecule has 19 heavy (non-hydrogen) atoms. The molecule has 1 atom stereocenters. The van der Waals surface area contributed by atoms with E-state index in [1.165, 1.54) is 52.1 Å². The van der Waals surface area contributed by atoms with E-state index in [1.807, 2.05) is 0 Å². The fourth-order valence-corrected chi connectivity index (χ4v) is 3.33. The summed E-state index contributed by atoms with van der Waals surface area (Å²) in [6.07, 6.45) is 2.55. The molecule has 0 bridgehead atoms. The van der Waals surface area contributed by atoms with Crippen LogP contribution in [-0.2, 0) is 0 Å². The zero-order valence-corrected chi connectivity index (χ0v) is 13.8. The van der Waals surface area contributed by atoms with Crippen molar-refractivity contribution >= 4 is 0 Å². The summed E-state index contributed by atoms with van der Waals surface area (Å²) in [6, 6.07) is 0.712. The molecule has 0 radical (unpaired) electrons. The number of hydrogen-bond donors (Lipinski definition) is 1. The van der Waals surface area contributed by atoms with Crippen LogP contribution in [0.4, 0.5) is 0 Å². The van der Waals surface area contributed by atoms with Gasteiger partial charge in [-0.3, -0.25) is 9.80 Å². The van der Waals surface area contributed by atoms with Gasteiger partial charge in [0.25, 0.3) is 0 Å². The SMILES string of the molecule is CCNCC(CC)(CC)CN1CCN(CC)C(C)C1. The maximum atomic E-state index is 3.57. The van der Waals surface area contributed by atoms with E-state index in [4.69, 9.17) is 0 Å². The molecule has 0 amide bonds. The molecule has 0 aromatic carbocycles. The van der Waals surface area contributed by atoms with Crippen molar-refractivity contribution in [2.45, 2.75) is 53.5 Å². The summed E-state index contributed by atoms with van der Waals surface area (Å²) in [5, 5.41) is 3.57. The van der Waals surface area contributed by atoms with Crippen LogP contribution >= 0.6 is 0 Å². The van der Waals surface area contributed by atoms with Crippen molar-refractivity contribution in [3.05, 3.63) is 0 Å². The van der Waals surface area contributed by atoms with Gasteiger partial charge in [-0.05, 0) is 38.3 Å². The highest BCUT2D eigenvalue weighted by atomic mass is 15.3. The molecular formula is C16H35N3. The highest BCUT2D eigenvalue weighted by Crippen LogP contribution is 2.28. The van der Waals surface area contributed by atoms with Gasteiger partial charge in [-0.2, -0.15) is 0 Å². The second-order valence-corrected chi connectivity index (χ2v) is 6.20. The Morgan fingerprint density at radius 3 is 2.26 bits per heavy atom. The second-order valence-electron chi connectivity index (χ2n) is 6.20. The third kappa shape index (κ3) is 4.73. The Balaban J connectivity index is 2.55. The molecule has 0 aromatic heterocycles. The van der Waals surface area contributed by atoms with Crippen molar-refractivity contribution < 1.29 is 0 Å². The molecule has 0 aromatic rings. The standard InChI is InChI=1S/C16H35N3/c1-6-16(7-2,13-17-8-3)14-18-10-11-19(9-4)15(5)12-18/h15,17H,6-14H2,1-5H3. The predicted molar refractivity (Wildman–Crippen MR) is 84.7 cm³/mol. The lowest BCUT2D eigenvalue weighted by Crippen LogP contribution is -2.55. The molecule has 0 aliphatic carbocycles. The van der Waals surface area contributed by atoms with Gasteiger partial charge in [0.1, 0.15) is 0 Å². The molecule has 114 valence electrons. The van der Waals surface area contributed by atoms with Gasteiger partial charge in [0.05, 0.1) is 0 Å². The van der Waals surface area contributed by atoms with Gasteiger partial charge in [0.15, 0.2) is 0 Å². The molecule has 1 N–H and O–H groups in total. The van der Waals surface area contributed by atoms with Crippen molar-refractivity contribution in [1.29, 1.82) is 0 Å². The summed E-state index contributed by atoms with van der Waals surface area (Å²) in [6.45, 7) is 20.0. The van der Waals surface area contributed by atoms with Crippen LogP contribution in [-0.4, -0.2) is 61.7 Å². The van der Waals surface area contributed by atoms with Crippen LogP contribution in [0.25, 0.3) is 0 Å². The number of hydrogen-bond acceptors (Lipinski definition) is 3. The van der Waals surface area contributed by atoms with Crippen molar-refractivity contribution in [2.24, 2.45) is 5.41 Å². The minimum atomic E-state index is 0.462. The number of nitrogens with zero attached hydrogens (tertiary/aromatic N) is 2. The maximum absolute atomic E-state index is 3.57. The van der Waals surface area contributed by atoms with E-state index in [0.29, 0.717) is 11.5 Å². The number of likely N-dealkylation sites (N-methyl/N-ethyl adjacent to an activating group) is 1. The quantitative estimate of drug-likeness (QED) is 0.730. The van der Waals surface area contributed by atoms with E-state index < -0.39 is 0 Å². The topological polar surface area (TPSA) is 18.5 Å². The summed E-state index contributed by atoms with van der Waals surface area (Å²) in [5.74, 6) is 0. The van der Waals surface area contributed by atoms with E-state index in [9.17, 15) is 0 Å². The Kier molecular flexibility index (Phi) is 7.33. The zero-order chi connectivity index (χ0) is 14.3. The molecule has 1 heterocycles. The summed E-state index contributed by atoms with van der Waals surface area (Å²) >= 11 is 0. The number of rotatable bonds is 8. The molecule has 1 aliphatic rings. The van der Waals surface area contributed by atoms with Gasteiger partial charge >= 0.3 is 0 Å². The smallest absolute Gasteiger partial charge is 0.0195 e. The summed E-state index contributed by atoms with van der Waals surface area (Å²) in [7, 11) is 0. The normalized spacial score (nSPS) is 22.9. The molecule has 1 saturated heterocycles. The first-order valence-electron chi connectivity index (χ1n) is 8.27. The van der Waals surface area contributed by atoms with Gasteiger partial charge in [-0.1, -0.05) is 27.7 Å². The van der Waals surface area contributed by atoms with Gasteiger partial charge in [0.2, 0.25) is 0 Å². The predicted octanol–water partition coefficient (Wildman–Crippen LogP) is 2.43. The van der Waals surface area contributed by atoms with E-state index in [0.717, 1.165) is 6.54 Å². The van der Waals surface area contributed by atoms with Crippen molar-refractivity contribution in [3.8, 4) is 0 Å². The first-order valence-corrected chi connectivity index (χ1v) is 8.27. The van der Waals surface area contributed by atoms with Crippen molar-refractivity contribution in [2.75, 3.05) is 45.8 Å². The molecular weight excluding hydrogens is 234 g/mol. The summed E-state index contributed by atoms with van der Waals surface area (Å²) in [4.78, 5) is 5.29. The zero-order valence-electron chi connectivity index (χ0n) is 13.8. The van der Waals surface area contributed by atoms with Gasteiger partial charge < -0.3 is 5.32 Å². The maximum Gasteiger partial charge on any atom is 0.0195 e. The molecule has 0 spiro atoms. The Bertz CT molecular complexity index is 238. The average Bonchev–Trinajstić information content (AvgIpc) is 2.44. The fraction of sp³-hybridized carbons (Fsp3) is 1.00. The monoisotopic (exact) mass is 269 g/mol. The van der Waals surface area contributed by atoms with Gasteiger partial charge in [-0.25, -0.2) is 0 Å². The minimum Gasteiger partial charge on any atom is -0.316 e. The van der Waals surface area contributed by atoms with Crippen LogP contribution in [0.1, 0.15) is 47.5 Å². The van der Waals surface area contributed by atoms with Crippen LogP contribution < -0.4 is 5.32 Å². The number of piperazine rings is 1. The molecule has 1 rings (SSSR count). The Morgan fingerprint density at radius 2 is 1.79 bits per heavy atom. The summed E-state index contributed by atoms with van der Waals surface area (Å²) < 4.78 is 0. The van der Waals surface area contributed by atoms with Gasteiger partial charge in [-0.15, -0.1) is 0 Å². The van der Waals surface area contributed by atoms with Crippen LogP contribution in [0, 0.1) is 5.41 Å². The largest absolute Gasteiger partial charge is 0.316 e. The van der Waals surface area contributed by atoms with E-state index in [-0.39, 0.29) is 0 Å². The summed E-state index contributed by atoms with van der Waals surface area (Å²) in [5.41, 5.74) is 0.462. The molecule has 1 fully saturated rings. The van der Waals surface area contributed by atoms with E-state index >= 15 is 0 Å². The molecule has 3 heteroatoms. The Hall–Kier alpha value is -0.120. The highest BCUT2D eigenvalue weighted by molar-refractivity contribution is 4.86. The molecule has 1 aliphatic heterocycles. The molecule has 1 unspecified atom stereocenters. The van der Waals surface area contributed by atoms with Crippen molar-refractivity contribution in [1.82, 2.24) is 15.1 Å². The molecule has 3 nitrogen and oxygen atoms in total. The minimum absolute atomic E-state index is 0.462. The Labute approximate surface area is 120 Å². The first kappa shape index (κ1) is 16.9. The van der Waals surface area contributed by atoms with E-state index in [2.05, 4.69) is 49.7 Å². The molecule has 0 saturated carbocycles. The first-order chi connectivity index (χ1) is 9.10. The third-order valence-corrected chi connectivity index (χ3v) is 5.06. The Morgan fingerprint density at radius 1 is 1.11 bits per heavy atom. The van der Waals surface area contributed by atoms with Crippen LogP contribution in [0.2, 0.25) is 0 Å².